The Bertz CT molecular complexity index is 581. The van der Waals surface area contributed by atoms with Gasteiger partial charge in [-0.3, -0.25) is 4.79 Å². The monoisotopic (exact) mass is 319 g/mol. The second-order valence-corrected chi connectivity index (χ2v) is 8.25. The van der Waals surface area contributed by atoms with Gasteiger partial charge < -0.3 is 15.0 Å². The molecule has 1 amide bonds. The smallest absolute Gasteiger partial charge is 0.225 e. The molecule has 1 aliphatic heterocycles. The van der Waals surface area contributed by atoms with E-state index in [4.69, 9.17) is 0 Å². The van der Waals surface area contributed by atoms with Crippen molar-refractivity contribution in [2.24, 2.45) is 11.3 Å². The number of hydrogen-bond donors (Lipinski definition) is 2. The fourth-order valence-corrected chi connectivity index (χ4v) is 3.78. The largest absolute Gasteiger partial charge is 0.388 e. The molecular formula is C18H29N3O2. The van der Waals surface area contributed by atoms with E-state index >= 15 is 0 Å². The van der Waals surface area contributed by atoms with Crippen LogP contribution in [0.5, 0.6) is 0 Å². The first kappa shape index (κ1) is 16.5. The van der Waals surface area contributed by atoms with Crippen LogP contribution in [-0.4, -0.2) is 32.7 Å². The number of imidazole rings is 1. The van der Waals surface area contributed by atoms with Crippen molar-refractivity contribution in [3.05, 3.63) is 17.7 Å². The van der Waals surface area contributed by atoms with E-state index in [0.29, 0.717) is 18.5 Å². The molecule has 1 unspecified atom stereocenters. The Kier molecular flexibility index (Phi) is 4.25. The third-order valence-electron chi connectivity index (χ3n) is 5.79. The van der Waals surface area contributed by atoms with E-state index in [1.165, 1.54) is 5.69 Å². The van der Waals surface area contributed by atoms with E-state index in [1.807, 2.05) is 13.1 Å². The fraction of sp³-hybridized carbons (Fsp3) is 0.778. The van der Waals surface area contributed by atoms with Crippen molar-refractivity contribution in [1.82, 2.24) is 14.9 Å². The van der Waals surface area contributed by atoms with Crippen molar-refractivity contribution in [2.75, 3.05) is 6.54 Å². The molecule has 5 heteroatoms. The van der Waals surface area contributed by atoms with Gasteiger partial charge in [0.05, 0.1) is 11.5 Å². The van der Waals surface area contributed by atoms with Crippen molar-refractivity contribution in [3.63, 3.8) is 0 Å². The molecule has 0 aromatic carbocycles. The molecule has 0 saturated heterocycles. The first-order valence-electron chi connectivity index (χ1n) is 8.79. The van der Waals surface area contributed by atoms with Gasteiger partial charge in [-0.05, 0) is 50.9 Å². The molecule has 1 atom stereocenters. The topological polar surface area (TPSA) is 67.2 Å². The molecule has 2 heterocycles. The lowest BCUT2D eigenvalue weighted by Crippen LogP contribution is -2.48. The van der Waals surface area contributed by atoms with Crippen molar-refractivity contribution >= 4 is 5.91 Å². The zero-order valence-electron chi connectivity index (χ0n) is 14.6. The third kappa shape index (κ3) is 3.60. The van der Waals surface area contributed by atoms with Crippen molar-refractivity contribution < 1.29 is 9.90 Å². The van der Waals surface area contributed by atoms with Gasteiger partial charge in [-0.25, -0.2) is 4.98 Å². The van der Waals surface area contributed by atoms with Crippen LogP contribution in [0, 0.1) is 18.3 Å². The second kappa shape index (κ2) is 5.93. The highest BCUT2D eigenvalue weighted by Gasteiger charge is 2.37. The van der Waals surface area contributed by atoms with Gasteiger partial charge in [0.15, 0.2) is 0 Å². The Balaban J connectivity index is 1.53. The Morgan fingerprint density at radius 1 is 1.39 bits per heavy atom. The van der Waals surface area contributed by atoms with E-state index in [9.17, 15) is 9.90 Å². The van der Waals surface area contributed by atoms with Crippen LogP contribution < -0.4 is 5.32 Å². The number of aromatic nitrogens is 2. The highest BCUT2D eigenvalue weighted by molar-refractivity contribution is 5.78. The summed E-state index contributed by atoms with van der Waals surface area (Å²) in [6.45, 7) is 7.57. The number of hydrogen-bond acceptors (Lipinski definition) is 3. The van der Waals surface area contributed by atoms with Gasteiger partial charge in [0.1, 0.15) is 5.82 Å². The third-order valence-corrected chi connectivity index (χ3v) is 5.79. The molecule has 0 bridgehead atoms. The van der Waals surface area contributed by atoms with E-state index in [1.54, 1.807) is 0 Å². The summed E-state index contributed by atoms with van der Waals surface area (Å²) in [6.07, 6.45) is 7.25. The number of carbonyl (C=O) groups is 1. The van der Waals surface area contributed by atoms with E-state index in [-0.39, 0.29) is 11.8 Å². The molecule has 1 aromatic rings. The lowest BCUT2D eigenvalue weighted by atomic mass is 9.71. The molecule has 3 rings (SSSR count). The average molecular weight is 319 g/mol. The minimum atomic E-state index is -0.726. The van der Waals surface area contributed by atoms with Gasteiger partial charge in [0, 0.05) is 25.0 Å². The Morgan fingerprint density at radius 3 is 2.78 bits per heavy atom. The SMILES string of the molecule is Cc1ncc2n1CC(C(=O)NCC1(O)CCC(C)(C)CC1)CC2. The number of rotatable bonds is 3. The predicted octanol–water partition coefficient (Wildman–Crippen LogP) is 2.20. The van der Waals surface area contributed by atoms with Crippen LogP contribution in [0.15, 0.2) is 6.20 Å². The molecule has 1 saturated carbocycles. The van der Waals surface area contributed by atoms with Crippen molar-refractivity contribution in [3.8, 4) is 0 Å². The van der Waals surface area contributed by atoms with Crippen molar-refractivity contribution in [1.29, 1.82) is 0 Å². The van der Waals surface area contributed by atoms with Gasteiger partial charge in [-0.2, -0.15) is 0 Å². The summed E-state index contributed by atoms with van der Waals surface area (Å²) < 4.78 is 2.14. The lowest BCUT2D eigenvalue weighted by molar-refractivity contribution is -0.127. The number of amides is 1. The number of nitrogens with one attached hydrogen (secondary N) is 1. The predicted molar refractivity (Wildman–Crippen MR) is 89.0 cm³/mol. The number of nitrogens with zero attached hydrogens (tertiary/aromatic N) is 2. The molecule has 5 nitrogen and oxygen atoms in total. The second-order valence-electron chi connectivity index (χ2n) is 8.25. The molecule has 23 heavy (non-hydrogen) atoms. The van der Waals surface area contributed by atoms with Gasteiger partial charge >= 0.3 is 0 Å². The van der Waals surface area contributed by atoms with Crippen LogP contribution in [-0.2, 0) is 17.8 Å². The summed E-state index contributed by atoms with van der Waals surface area (Å²) in [4.78, 5) is 16.8. The minimum absolute atomic E-state index is 0.0148. The zero-order chi connectivity index (χ0) is 16.7. The van der Waals surface area contributed by atoms with Crippen LogP contribution in [0.3, 0.4) is 0 Å². The molecular weight excluding hydrogens is 290 g/mol. The molecule has 2 aliphatic rings. The zero-order valence-corrected chi connectivity index (χ0v) is 14.6. The van der Waals surface area contributed by atoms with E-state index < -0.39 is 5.60 Å². The van der Waals surface area contributed by atoms with Crippen LogP contribution in [0.25, 0.3) is 0 Å². The highest BCUT2D eigenvalue weighted by atomic mass is 16.3. The fourth-order valence-electron chi connectivity index (χ4n) is 3.78. The molecule has 0 spiro atoms. The Morgan fingerprint density at radius 2 is 2.09 bits per heavy atom. The maximum Gasteiger partial charge on any atom is 0.225 e. The number of fused-ring (bicyclic) bond motifs is 1. The Hall–Kier alpha value is -1.36. The summed E-state index contributed by atoms with van der Waals surface area (Å²) >= 11 is 0. The lowest BCUT2D eigenvalue weighted by Gasteiger charge is -2.40. The normalized spacial score (nSPS) is 25.7. The number of aryl methyl sites for hydroxylation is 2. The molecule has 1 aromatic heterocycles. The number of carbonyl (C=O) groups excluding carboxylic acids is 1. The highest BCUT2D eigenvalue weighted by Crippen LogP contribution is 2.39. The van der Waals surface area contributed by atoms with Gasteiger partial charge in [0.25, 0.3) is 0 Å². The summed E-state index contributed by atoms with van der Waals surface area (Å²) in [7, 11) is 0. The minimum Gasteiger partial charge on any atom is -0.388 e. The van der Waals surface area contributed by atoms with E-state index in [2.05, 4.69) is 28.7 Å². The Labute approximate surface area is 138 Å². The average Bonchev–Trinajstić information content (AvgIpc) is 2.89. The molecule has 1 fully saturated rings. The van der Waals surface area contributed by atoms with Gasteiger partial charge in [-0.1, -0.05) is 13.8 Å². The standard InChI is InChI=1S/C18H29N3O2/c1-13-19-10-15-5-4-14(11-21(13)15)16(22)20-12-18(23)8-6-17(2,3)7-9-18/h10,14,23H,4-9,11-12H2,1-3H3,(H,20,22). The quantitative estimate of drug-likeness (QED) is 0.897. The van der Waals surface area contributed by atoms with Crippen LogP contribution in [0.1, 0.15) is 57.5 Å². The van der Waals surface area contributed by atoms with E-state index in [0.717, 1.165) is 44.3 Å². The van der Waals surface area contributed by atoms with Crippen LogP contribution in [0.2, 0.25) is 0 Å². The van der Waals surface area contributed by atoms with Crippen LogP contribution >= 0.6 is 0 Å². The first-order valence-corrected chi connectivity index (χ1v) is 8.79. The molecule has 2 N–H and O–H groups in total. The summed E-state index contributed by atoms with van der Waals surface area (Å²) in [5, 5.41) is 13.7. The molecule has 128 valence electrons. The molecule has 1 aliphatic carbocycles. The summed E-state index contributed by atoms with van der Waals surface area (Å²) in [5.41, 5.74) is 0.810. The van der Waals surface area contributed by atoms with Gasteiger partial charge in [-0.15, -0.1) is 0 Å². The number of aliphatic hydroxyl groups is 1. The summed E-state index contributed by atoms with van der Waals surface area (Å²) in [5.74, 6) is 1.03. The first-order chi connectivity index (χ1) is 10.8. The summed E-state index contributed by atoms with van der Waals surface area (Å²) in [6, 6.07) is 0. The maximum atomic E-state index is 12.5. The van der Waals surface area contributed by atoms with Crippen LogP contribution in [0.4, 0.5) is 0 Å². The maximum absolute atomic E-state index is 12.5. The van der Waals surface area contributed by atoms with Crippen molar-refractivity contribution in [2.45, 2.75) is 71.4 Å². The van der Waals surface area contributed by atoms with Gasteiger partial charge in [0.2, 0.25) is 5.91 Å². The molecule has 0 radical (unpaired) electrons.